The van der Waals surface area contributed by atoms with Crippen LogP contribution in [-0.2, 0) is 9.59 Å². The van der Waals surface area contributed by atoms with Gasteiger partial charge < -0.3 is 30.2 Å². The number of carbonyl (C=O) groups excluding carboxylic acids is 2. The third-order valence-corrected chi connectivity index (χ3v) is 5.72. The smallest absolute Gasteiger partial charge is 0.262 e. The zero-order valence-electron chi connectivity index (χ0n) is 22.2. The number of carbonyl (C=O) groups is 2. The molecule has 11 heteroatoms. The Morgan fingerprint density at radius 2 is 1.61 bits per heavy atom. The normalized spacial score (nSPS) is 11.0. The molecule has 1 heterocycles. The highest BCUT2D eigenvalue weighted by Gasteiger charge is 2.21. The van der Waals surface area contributed by atoms with Gasteiger partial charge in [-0.3, -0.25) is 14.6 Å². The average Bonchev–Trinajstić information content (AvgIpc) is 2.97. The van der Waals surface area contributed by atoms with Crippen LogP contribution in [0.4, 0.5) is 20.2 Å². The number of pyridine rings is 1. The summed E-state index contributed by atoms with van der Waals surface area (Å²) in [4.78, 5) is 30.1. The predicted molar refractivity (Wildman–Crippen MR) is 151 cm³/mol. The number of amides is 2. The Bertz CT molecular complexity index is 1620. The van der Waals surface area contributed by atoms with Gasteiger partial charge in [-0.1, -0.05) is 6.08 Å². The van der Waals surface area contributed by atoms with E-state index >= 15 is 4.39 Å². The van der Waals surface area contributed by atoms with E-state index in [0.29, 0.717) is 28.2 Å². The van der Waals surface area contributed by atoms with E-state index in [4.69, 9.17) is 14.2 Å². The summed E-state index contributed by atoms with van der Waals surface area (Å²) in [6.45, 7) is 3.84. The largest absolute Gasteiger partial charge is 0.493 e. The van der Waals surface area contributed by atoms with E-state index in [1.54, 1.807) is 24.4 Å². The summed E-state index contributed by atoms with van der Waals surface area (Å²) >= 11 is 0. The SMILES string of the molecule is C=CCN/C=C(\C(=O)Nc1ccc(F)cc1)C(=O)Nc1ccc(Oc2ccnc3cc(OC)c(OC)cc23)cc1F. The van der Waals surface area contributed by atoms with Gasteiger partial charge >= 0.3 is 0 Å². The molecule has 0 aliphatic rings. The van der Waals surface area contributed by atoms with Crippen molar-refractivity contribution in [2.45, 2.75) is 0 Å². The summed E-state index contributed by atoms with van der Waals surface area (Å²) < 4.78 is 44.9. The van der Waals surface area contributed by atoms with Gasteiger partial charge in [0.25, 0.3) is 11.8 Å². The molecule has 1 aromatic heterocycles. The Morgan fingerprint density at radius 1 is 0.902 bits per heavy atom. The fraction of sp³-hybridized carbons (Fsp3) is 0.100. The topological polar surface area (TPSA) is 111 Å². The highest BCUT2D eigenvalue weighted by molar-refractivity contribution is 6.26. The molecule has 0 saturated heterocycles. The Labute approximate surface area is 234 Å². The maximum Gasteiger partial charge on any atom is 0.262 e. The minimum Gasteiger partial charge on any atom is -0.493 e. The first-order valence-corrected chi connectivity index (χ1v) is 12.2. The summed E-state index contributed by atoms with van der Waals surface area (Å²) in [5.41, 5.74) is 0.320. The molecule has 0 aliphatic carbocycles. The monoisotopic (exact) mass is 560 g/mol. The lowest BCUT2D eigenvalue weighted by atomic mass is 10.1. The van der Waals surface area contributed by atoms with Crippen molar-refractivity contribution >= 4 is 34.1 Å². The molecule has 3 N–H and O–H groups in total. The zero-order chi connectivity index (χ0) is 29.4. The van der Waals surface area contributed by atoms with Crippen LogP contribution < -0.4 is 30.2 Å². The van der Waals surface area contributed by atoms with Crippen molar-refractivity contribution in [2.24, 2.45) is 0 Å². The molecule has 0 saturated carbocycles. The van der Waals surface area contributed by atoms with E-state index in [-0.39, 0.29) is 29.2 Å². The molecule has 0 radical (unpaired) electrons. The number of fused-ring (bicyclic) bond motifs is 1. The minimum absolute atomic E-state index is 0.153. The average molecular weight is 561 g/mol. The Kier molecular flexibility index (Phi) is 9.10. The van der Waals surface area contributed by atoms with E-state index in [1.807, 2.05) is 0 Å². The first-order valence-electron chi connectivity index (χ1n) is 12.2. The number of halogens is 2. The lowest BCUT2D eigenvalue weighted by Gasteiger charge is -2.14. The molecule has 210 valence electrons. The maximum absolute atomic E-state index is 15.1. The number of rotatable bonds is 11. The van der Waals surface area contributed by atoms with Gasteiger partial charge in [-0.15, -0.1) is 6.58 Å². The van der Waals surface area contributed by atoms with Gasteiger partial charge in [0.05, 0.1) is 25.4 Å². The number of nitrogens with one attached hydrogen (secondary N) is 3. The Morgan fingerprint density at radius 3 is 2.29 bits per heavy atom. The number of ether oxygens (including phenoxy) is 3. The number of benzene rings is 3. The standard InChI is InChI=1S/C30H26F2N4O5/c1-4-12-33-17-22(29(37)35-19-7-5-18(31)6-8-19)30(38)36-24-10-9-20(14-23(24)32)41-26-11-13-34-25-16-28(40-3)27(39-2)15-21(25)26/h4-11,13-17,33H,1,12H2,2-3H3,(H,35,37)(H,36,38)/b22-17+. The second kappa shape index (κ2) is 13.1. The van der Waals surface area contributed by atoms with Gasteiger partial charge in [-0.25, -0.2) is 8.78 Å². The number of aromatic nitrogens is 1. The second-order valence-electron chi connectivity index (χ2n) is 8.45. The first kappa shape index (κ1) is 28.6. The Balaban J connectivity index is 1.53. The van der Waals surface area contributed by atoms with E-state index < -0.39 is 23.4 Å². The van der Waals surface area contributed by atoms with Gasteiger partial charge in [0, 0.05) is 42.1 Å². The fourth-order valence-electron chi connectivity index (χ4n) is 3.72. The third-order valence-electron chi connectivity index (χ3n) is 5.72. The number of hydrogen-bond acceptors (Lipinski definition) is 7. The van der Waals surface area contributed by atoms with E-state index in [2.05, 4.69) is 27.5 Å². The summed E-state index contributed by atoms with van der Waals surface area (Å²) in [5.74, 6) is -1.44. The van der Waals surface area contributed by atoms with Gasteiger partial charge in [-0.05, 0) is 48.5 Å². The lowest BCUT2D eigenvalue weighted by Crippen LogP contribution is -2.27. The lowest BCUT2D eigenvalue weighted by molar-refractivity contribution is -0.118. The van der Waals surface area contributed by atoms with Crippen molar-refractivity contribution in [2.75, 3.05) is 31.4 Å². The quantitative estimate of drug-likeness (QED) is 0.0724. The number of hydrogen-bond donors (Lipinski definition) is 3. The van der Waals surface area contributed by atoms with Crippen molar-refractivity contribution in [3.05, 3.63) is 103 Å². The van der Waals surface area contributed by atoms with Crippen LogP contribution in [0.1, 0.15) is 0 Å². The number of anilines is 2. The Hall–Kier alpha value is -5.45. The zero-order valence-corrected chi connectivity index (χ0v) is 22.2. The predicted octanol–water partition coefficient (Wildman–Crippen LogP) is 5.56. The van der Waals surface area contributed by atoms with Gasteiger partial charge in [0.2, 0.25) is 0 Å². The molecule has 4 rings (SSSR count). The summed E-state index contributed by atoms with van der Waals surface area (Å²) in [6, 6.07) is 13.9. The summed E-state index contributed by atoms with van der Waals surface area (Å²) in [5, 5.41) is 8.27. The molecule has 0 spiro atoms. The highest BCUT2D eigenvalue weighted by atomic mass is 19.1. The molecular formula is C30H26F2N4O5. The molecule has 0 fully saturated rings. The van der Waals surface area contributed by atoms with Crippen LogP contribution in [-0.4, -0.2) is 37.6 Å². The molecular weight excluding hydrogens is 534 g/mol. The molecule has 4 aromatic rings. The van der Waals surface area contributed by atoms with Crippen molar-refractivity contribution < 1.29 is 32.6 Å². The van der Waals surface area contributed by atoms with E-state index in [1.165, 1.54) is 50.8 Å². The van der Waals surface area contributed by atoms with Gasteiger partial charge in [-0.2, -0.15) is 0 Å². The van der Waals surface area contributed by atoms with Crippen LogP contribution in [0.2, 0.25) is 0 Å². The van der Waals surface area contributed by atoms with Crippen molar-refractivity contribution in [1.29, 1.82) is 0 Å². The van der Waals surface area contributed by atoms with Gasteiger partial charge in [0.1, 0.15) is 28.7 Å². The first-order chi connectivity index (χ1) is 19.8. The fourth-order valence-corrected chi connectivity index (χ4v) is 3.72. The molecule has 41 heavy (non-hydrogen) atoms. The highest BCUT2D eigenvalue weighted by Crippen LogP contribution is 2.37. The summed E-state index contributed by atoms with van der Waals surface area (Å²) in [7, 11) is 3.02. The molecule has 0 aliphatic heterocycles. The molecule has 9 nitrogen and oxygen atoms in total. The minimum atomic E-state index is -0.880. The number of nitrogens with zero attached hydrogens (tertiary/aromatic N) is 1. The van der Waals surface area contributed by atoms with Crippen molar-refractivity contribution in [3.8, 4) is 23.0 Å². The molecule has 3 aromatic carbocycles. The van der Waals surface area contributed by atoms with Crippen LogP contribution in [0.15, 0.2) is 91.3 Å². The van der Waals surface area contributed by atoms with Crippen molar-refractivity contribution in [3.63, 3.8) is 0 Å². The molecule has 0 atom stereocenters. The maximum atomic E-state index is 15.1. The van der Waals surface area contributed by atoms with E-state index in [9.17, 15) is 14.0 Å². The van der Waals surface area contributed by atoms with Gasteiger partial charge in [0.15, 0.2) is 11.5 Å². The van der Waals surface area contributed by atoms with Crippen LogP contribution in [0.5, 0.6) is 23.0 Å². The van der Waals surface area contributed by atoms with Crippen molar-refractivity contribution in [1.82, 2.24) is 10.3 Å². The molecule has 0 bridgehead atoms. The van der Waals surface area contributed by atoms with Crippen LogP contribution >= 0.6 is 0 Å². The molecule has 0 unspecified atom stereocenters. The summed E-state index contributed by atoms with van der Waals surface area (Å²) in [6.07, 6.45) is 4.25. The van der Waals surface area contributed by atoms with E-state index in [0.717, 1.165) is 18.2 Å². The van der Waals surface area contributed by atoms with Crippen LogP contribution in [0, 0.1) is 11.6 Å². The number of methoxy groups -OCH3 is 2. The second-order valence-corrected chi connectivity index (χ2v) is 8.45. The molecule has 2 amide bonds. The van der Waals surface area contributed by atoms with Crippen LogP contribution in [0.25, 0.3) is 10.9 Å². The van der Waals surface area contributed by atoms with Crippen LogP contribution in [0.3, 0.4) is 0 Å². The third kappa shape index (κ3) is 6.95.